The molecule has 0 N–H and O–H groups in total. The Morgan fingerprint density at radius 1 is 1.38 bits per heavy atom. The third-order valence-corrected chi connectivity index (χ3v) is 2.61. The zero-order chi connectivity index (χ0) is 11.7. The van der Waals surface area contributed by atoms with Gasteiger partial charge in [0.15, 0.2) is 6.29 Å². The summed E-state index contributed by atoms with van der Waals surface area (Å²) in [7, 11) is 0. The van der Waals surface area contributed by atoms with Crippen LogP contribution in [-0.4, -0.2) is 11.3 Å². The Balaban J connectivity index is 2.84. The van der Waals surface area contributed by atoms with E-state index in [0.29, 0.717) is 11.1 Å². The van der Waals surface area contributed by atoms with Crippen molar-refractivity contribution in [1.29, 1.82) is 0 Å². The number of hydrogen-bond acceptors (Lipinski definition) is 2. The average molecular weight is 217 g/mol. The molecule has 2 aromatic rings. The van der Waals surface area contributed by atoms with Crippen LogP contribution in [0, 0.1) is 5.82 Å². The van der Waals surface area contributed by atoms with Crippen LogP contribution in [0.25, 0.3) is 10.9 Å². The van der Waals surface area contributed by atoms with Crippen molar-refractivity contribution in [1.82, 2.24) is 4.98 Å². The van der Waals surface area contributed by atoms with Gasteiger partial charge in [0.05, 0.1) is 5.52 Å². The van der Waals surface area contributed by atoms with Crippen molar-refractivity contribution in [2.45, 2.75) is 19.8 Å². The standard InChI is InChI=1S/C13H12FNO/c1-8(2)13-9(7-16)6-15-12-5-10(14)3-4-11(12)13/h3-8H,1-2H3. The van der Waals surface area contributed by atoms with E-state index in [0.717, 1.165) is 17.2 Å². The second-order valence-corrected chi connectivity index (χ2v) is 4.06. The highest BCUT2D eigenvalue weighted by molar-refractivity contribution is 5.90. The third-order valence-electron chi connectivity index (χ3n) is 2.61. The number of carbonyl (C=O) groups is 1. The zero-order valence-corrected chi connectivity index (χ0v) is 9.20. The SMILES string of the molecule is CC(C)c1c(C=O)cnc2cc(F)ccc12. The smallest absolute Gasteiger partial charge is 0.151 e. The largest absolute Gasteiger partial charge is 0.298 e. The lowest BCUT2D eigenvalue weighted by Crippen LogP contribution is -1.98. The first-order valence-corrected chi connectivity index (χ1v) is 5.17. The van der Waals surface area contributed by atoms with E-state index in [1.54, 1.807) is 6.07 Å². The topological polar surface area (TPSA) is 30.0 Å². The van der Waals surface area contributed by atoms with Crippen LogP contribution >= 0.6 is 0 Å². The van der Waals surface area contributed by atoms with Gasteiger partial charge in [-0.3, -0.25) is 9.78 Å². The minimum Gasteiger partial charge on any atom is -0.298 e. The van der Waals surface area contributed by atoms with Crippen molar-refractivity contribution < 1.29 is 9.18 Å². The molecule has 0 fully saturated rings. The Labute approximate surface area is 93.1 Å². The fourth-order valence-electron chi connectivity index (χ4n) is 1.94. The average Bonchev–Trinajstić information content (AvgIpc) is 2.26. The summed E-state index contributed by atoms with van der Waals surface area (Å²) in [5.74, 6) is -0.107. The molecule has 0 saturated heterocycles. The molecule has 1 aromatic carbocycles. The molecular weight excluding hydrogens is 205 g/mol. The molecule has 0 radical (unpaired) electrons. The van der Waals surface area contributed by atoms with Gasteiger partial charge in [0, 0.05) is 23.2 Å². The van der Waals surface area contributed by atoms with Gasteiger partial charge in [0.2, 0.25) is 0 Å². The van der Waals surface area contributed by atoms with Crippen LogP contribution < -0.4 is 0 Å². The number of rotatable bonds is 2. The van der Waals surface area contributed by atoms with Gasteiger partial charge in [-0.25, -0.2) is 4.39 Å². The Bertz CT molecular complexity index is 549. The first-order chi connectivity index (χ1) is 7.63. The summed E-state index contributed by atoms with van der Waals surface area (Å²) in [6, 6.07) is 4.46. The highest BCUT2D eigenvalue weighted by atomic mass is 19.1. The van der Waals surface area contributed by atoms with E-state index in [2.05, 4.69) is 4.98 Å². The number of pyridine rings is 1. The molecule has 0 atom stereocenters. The van der Waals surface area contributed by atoms with Crippen molar-refractivity contribution in [3.63, 3.8) is 0 Å². The number of halogens is 1. The second kappa shape index (κ2) is 4.00. The first-order valence-electron chi connectivity index (χ1n) is 5.17. The fraction of sp³-hybridized carbons (Fsp3) is 0.231. The summed E-state index contributed by atoms with van der Waals surface area (Å²) in [6.45, 7) is 4.01. The van der Waals surface area contributed by atoms with E-state index in [4.69, 9.17) is 0 Å². The van der Waals surface area contributed by atoms with Gasteiger partial charge in [0.1, 0.15) is 5.82 Å². The van der Waals surface area contributed by atoms with Crippen LogP contribution in [0.2, 0.25) is 0 Å². The molecule has 3 heteroatoms. The molecule has 2 rings (SSSR count). The molecule has 0 aliphatic heterocycles. The number of carbonyl (C=O) groups excluding carboxylic acids is 1. The first kappa shape index (κ1) is 10.7. The Kier molecular flexibility index (Phi) is 2.69. The number of benzene rings is 1. The molecule has 1 heterocycles. The van der Waals surface area contributed by atoms with Crippen LogP contribution in [0.4, 0.5) is 4.39 Å². The van der Waals surface area contributed by atoms with E-state index in [1.807, 2.05) is 13.8 Å². The van der Waals surface area contributed by atoms with E-state index < -0.39 is 0 Å². The quantitative estimate of drug-likeness (QED) is 0.722. The lowest BCUT2D eigenvalue weighted by atomic mass is 9.95. The molecule has 0 bridgehead atoms. The summed E-state index contributed by atoms with van der Waals surface area (Å²) in [6.07, 6.45) is 2.30. The number of aromatic nitrogens is 1. The van der Waals surface area contributed by atoms with Gasteiger partial charge >= 0.3 is 0 Å². The Hall–Kier alpha value is -1.77. The van der Waals surface area contributed by atoms with Gasteiger partial charge in [-0.2, -0.15) is 0 Å². The van der Waals surface area contributed by atoms with Crippen LogP contribution in [-0.2, 0) is 0 Å². The summed E-state index contributed by atoms with van der Waals surface area (Å²) < 4.78 is 13.0. The van der Waals surface area contributed by atoms with E-state index in [-0.39, 0.29) is 11.7 Å². The molecule has 16 heavy (non-hydrogen) atoms. The van der Waals surface area contributed by atoms with E-state index in [9.17, 15) is 9.18 Å². The van der Waals surface area contributed by atoms with Crippen molar-refractivity contribution in [3.05, 3.63) is 41.3 Å². The number of fused-ring (bicyclic) bond motifs is 1. The summed E-state index contributed by atoms with van der Waals surface area (Å²) >= 11 is 0. The summed E-state index contributed by atoms with van der Waals surface area (Å²) in [5, 5.41) is 0.848. The van der Waals surface area contributed by atoms with E-state index >= 15 is 0 Å². The van der Waals surface area contributed by atoms with Gasteiger partial charge in [0.25, 0.3) is 0 Å². The van der Waals surface area contributed by atoms with Crippen molar-refractivity contribution in [2.24, 2.45) is 0 Å². The Morgan fingerprint density at radius 2 is 2.12 bits per heavy atom. The van der Waals surface area contributed by atoms with Crippen molar-refractivity contribution in [2.75, 3.05) is 0 Å². The zero-order valence-electron chi connectivity index (χ0n) is 9.20. The lowest BCUT2D eigenvalue weighted by Gasteiger charge is -2.12. The number of hydrogen-bond donors (Lipinski definition) is 0. The monoisotopic (exact) mass is 217 g/mol. The number of aldehydes is 1. The molecule has 0 saturated carbocycles. The van der Waals surface area contributed by atoms with Crippen molar-refractivity contribution in [3.8, 4) is 0 Å². The van der Waals surface area contributed by atoms with Crippen LogP contribution in [0.15, 0.2) is 24.4 Å². The predicted octanol–water partition coefficient (Wildman–Crippen LogP) is 3.31. The highest BCUT2D eigenvalue weighted by Gasteiger charge is 2.11. The maximum Gasteiger partial charge on any atom is 0.151 e. The molecule has 0 amide bonds. The Morgan fingerprint density at radius 3 is 2.75 bits per heavy atom. The summed E-state index contributed by atoms with van der Waals surface area (Å²) in [4.78, 5) is 15.0. The molecule has 82 valence electrons. The molecule has 1 aromatic heterocycles. The van der Waals surface area contributed by atoms with Gasteiger partial charge in [-0.1, -0.05) is 13.8 Å². The predicted molar refractivity (Wildman–Crippen MR) is 61.2 cm³/mol. The minimum absolute atomic E-state index is 0.205. The minimum atomic E-state index is -0.312. The fourth-order valence-corrected chi connectivity index (χ4v) is 1.94. The molecule has 0 aliphatic carbocycles. The van der Waals surface area contributed by atoms with Crippen molar-refractivity contribution >= 4 is 17.2 Å². The van der Waals surface area contributed by atoms with Gasteiger partial charge in [-0.15, -0.1) is 0 Å². The van der Waals surface area contributed by atoms with Crippen LogP contribution in [0.3, 0.4) is 0 Å². The molecule has 2 nitrogen and oxygen atoms in total. The normalized spacial score (nSPS) is 11.0. The summed E-state index contributed by atoms with van der Waals surface area (Å²) in [5.41, 5.74) is 2.10. The number of nitrogens with zero attached hydrogens (tertiary/aromatic N) is 1. The third kappa shape index (κ3) is 1.69. The van der Waals surface area contributed by atoms with Crippen LogP contribution in [0.1, 0.15) is 35.7 Å². The van der Waals surface area contributed by atoms with Crippen LogP contribution in [0.5, 0.6) is 0 Å². The van der Waals surface area contributed by atoms with E-state index in [1.165, 1.54) is 18.3 Å². The van der Waals surface area contributed by atoms with Gasteiger partial charge < -0.3 is 0 Å². The molecular formula is C13H12FNO. The van der Waals surface area contributed by atoms with Gasteiger partial charge in [-0.05, 0) is 23.6 Å². The molecule has 0 aliphatic rings. The lowest BCUT2D eigenvalue weighted by molar-refractivity contribution is 0.112. The highest BCUT2D eigenvalue weighted by Crippen LogP contribution is 2.27. The second-order valence-electron chi connectivity index (χ2n) is 4.06. The maximum absolute atomic E-state index is 13.0. The maximum atomic E-state index is 13.0. The molecule has 0 unspecified atom stereocenters. The molecule has 0 spiro atoms.